The summed E-state index contributed by atoms with van der Waals surface area (Å²) in [5, 5.41) is 6.62. The lowest BCUT2D eigenvalue weighted by Gasteiger charge is -2.28. The predicted octanol–water partition coefficient (Wildman–Crippen LogP) is 7.58. The zero-order valence-corrected chi connectivity index (χ0v) is 31.1. The van der Waals surface area contributed by atoms with Crippen LogP contribution < -0.4 is 29.7 Å². The van der Waals surface area contributed by atoms with E-state index in [9.17, 15) is 4.79 Å². The van der Waals surface area contributed by atoms with Crippen LogP contribution in [0.3, 0.4) is 0 Å². The third-order valence-corrected chi connectivity index (χ3v) is 8.48. The third kappa shape index (κ3) is 13.0. The number of hydrogen-bond donors (Lipinski definition) is 2. The van der Waals surface area contributed by atoms with Crippen LogP contribution in [0.25, 0.3) is 0 Å². The Balaban J connectivity index is 1.67. The van der Waals surface area contributed by atoms with Gasteiger partial charge < -0.3 is 34.1 Å². The van der Waals surface area contributed by atoms with Crippen LogP contribution in [0.2, 0.25) is 0 Å². The van der Waals surface area contributed by atoms with Crippen molar-refractivity contribution in [2.45, 2.75) is 97.9 Å². The average molecular weight is 691 g/mol. The van der Waals surface area contributed by atoms with E-state index in [1.54, 1.807) is 14.2 Å². The first-order valence-corrected chi connectivity index (χ1v) is 18.1. The Labute approximate surface area is 299 Å². The molecule has 2 aromatic carbocycles. The number of nitrogens with zero attached hydrogens (tertiary/aromatic N) is 4. The van der Waals surface area contributed by atoms with Gasteiger partial charge in [0.25, 0.3) is 0 Å². The van der Waals surface area contributed by atoms with Gasteiger partial charge >= 0.3 is 12.1 Å². The highest BCUT2D eigenvalue weighted by Gasteiger charge is 2.25. The van der Waals surface area contributed by atoms with Crippen molar-refractivity contribution in [3.05, 3.63) is 65.4 Å². The monoisotopic (exact) mass is 690 g/mol. The molecule has 1 amide bonds. The number of amides is 1. The maximum atomic E-state index is 13.4. The average Bonchev–Trinajstić information content (AvgIpc) is 3.62. The Bertz CT molecular complexity index is 1390. The number of benzene rings is 2. The number of anilines is 2. The quantitative estimate of drug-likeness (QED) is 0.115. The van der Waals surface area contributed by atoms with Gasteiger partial charge in [-0.2, -0.15) is 9.97 Å². The maximum Gasteiger partial charge on any atom is 0.412 e. The molecule has 4 rings (SSSR count). The molecule has 1 saturated heterocycles. The molecule has 11 nitrogen and oxygen atoms in total. The summed E-state index contributed by atoms with van der Waals surface area (Å²) in [6, 6.07) is 16.2. The molecule has 3 aromatic rings. The summed E-state index contributed by atoms with van der Waals surface area (Å²) in [6.07, 6.45) is 7.35. The van der Waals surface area contributed by atoms with Crippen molar-refractivity contribution in [2.24, 2.45) is 0 Å². The van der Waals surface area contributed by atoms with Crippen molar-refractivity contribution in [3.8, 4) is 17.5 Å². The van der Waals surface area contributed by atoms with E-state index < -0.39 is 11.7 Å². The summed E-state index contributed by atoms with van der Waals surface area (Å²) in [5.74, 6) is 2.10. The molecule has 0 spiro atoms. The van der Waals surface area contributed by atoms with Crippen LogP contribution in [-0.4, -0.2) is 73.6 Å². The van der Waals surface area contributed by atoms with Gasteiger partial charge in [0.2, 0.25) is 0 Å². The van der Waals surface area contributed by atoms with E-state index in [1.807, 2.05) is 69.3 Å². The van der Waals surface area contributed by atoms with Gasteiger partial charge in [-0.25, -0.2) is 4.79 Å². The van der Waals surface area contributed by atoms with Gasteiger partial charge in [0.05, 0.1) is 26.5 Å². The largest absolute Gasteiger partial charge is 0.497 e. The molecule has 274 valence electrons. The summed E-state index contributed by atoms with van der Waals surface area (Å²) in [6.45, 7) is 14.1. The molecule has 1 aliphatic rings. The van der Waals surface area contributed by atoms with E-state index >= 15 is 0 Å². The fourth-order valence-corrected chi connectivity index (χ4v) is 5.82. The van der Waals surface area contributed by atoms with E-state index in [2.05, 4.69) is 27.4 Å². The number of carbonyl (C=O) groups excluding carboxylic acids is 1. The highest BCUT2D eigenvalue weighted by Crippen LogP contribution is 2.33. The van der Waals surface area contributed by atoms with Gasteiger partial charge in [-0.3, -0.25) is 5.32 Å². The van der Waals surface area contributed by atoms with Crippen LogP contribution in [0.15, 0.2) is 48.5 Å². The number of carbonyl (C=O) groups is 1. The molecule has 1 aromatic heterocycles. The summed E-state index contributed by atoms with van der Waals surface area (Å²) in [7, 11) is 3.31. The number of ether oxygens (including phenoxy) is 4. The first kappa shape index (κ1) is 38.7. The Kier molecular flexibility index (Phi) is 15.4. The molecule has 0 aliphatic carbocycles. The predicted molar refractivity (Wildman–Crippen MR) is 199 cm³/mol. The molecule has 0 bridgehead atoms. The number of methoxy groups -OCH3 is 2. The first-order valence-electron chi connectivity index (χ1n) is 18.1. The van der Waals surface area contributed by atoms with Gasteiger partial charge in [0, 0.05) is 19.6 Å². The number of nitrogens with one attached hydrogen (secondary N) is 2. The zero-order valence-electron chi connectivity index (χ0n) is 31.1. The van der Waals surface area contributed by atoms with E-state index in [-0.39, 0.29) is 6.01 Å². The molecule has 2 N–H and O–H groups in total. The summed E-state index contributed by atoms with van der Waals surface area (Å²) >= 11 is 0. The minimum atomic E-state index is -0.687. The molecular weight excluding hydrogens is 632 g/mol. The van der Waals surface area contributed by atoms with Gasteiger partial charge in [0.1, 0.15) is 22.8 Å². The highest BCUT2D eigenvalue weighted by molar-refractivity contribution is 5.90. The van der Waals surface area contributed by atoms with E-state index in [1.165, 1.54) is 38.9 Å². The smallest absolute Gasteiger partial charge is 0.412 e. The second-order valence-electron chi connectivity index (χ2n) is 13.8. The molecule has 2 heterocycles. The van der Waals surface area contributed by atoms with Gasteiger partial charge in [0.15, 0.2) is 5.82 Å². The van der Waals surface area contributed by atoms with Crippen molar-refractivity contribution < 1.29 is 23.7 Å². The Hall–Kier alpha value is -4.09. The standard InChI is InChI=1S/C39H58N6O5/c1-7-8-26-49-37-41-34(27-40-22-10-9-11-23-44-24-12-13-25-44)35(42-38(46)50-39(2,3)4)36(43-37)45(28-30-14-18-32(47-5)19-15-30)29-31-16-20-33(48-6)21-17-31/h14-21,40H,7-13,22-29H2,1-6H3,(H,42,46). The fourth-order valence-electron chi connectivity index (χ4n) is 5.82. The number of hydrogen-bond acceptors (Lipinski definition) is 10. The molecule has 0 unspecified atom stereocenters. The first-order chi connectivity index (χ1) is 24.2. The molecular formula is C39H58N6O5. The summed E-state index contributed by atoms with van der Waals surface area (Å²) < 4.78 is 22.7. The van der Waals surface area contributed by atoms with Gasteiger partial charge in [-0.05, 0) is 114 Å². The topological polar surface area (TPSA) is 110 Å². The van der Waals surface area contributed by atoms with Crippen LogP contribution in [0, 0.1) is 0 Å². The Morgan fingerprint density at radius 1 is 0.860 bits per heavy atom. The molecule has 50 heavy (non-hydrogen) atoms. The van der Waals surface area contributed by atoms with Crippen molar-refractivity contribution >= 4 is 17.6 Å². The summed E-state index contributed by atoms with van der Waals surface area (Å²) in [5.41, 5.74) is 2.53. The normalized spacial score (nSPS) is 13.2. The van der Waals surface area contributed by atoms with Crippen molar-refractivity contribution in [1.82, 2.24) is 20.2 Å². The number of unbranched alkanes of at least 4 members (excludes halogenated alkanes) is 3. The lowest BCUT2D eigenvalue weighted by molar-refractivity contribution is 0.0635. The minimum absolute atomic E-state index is 0.278. The molecule has 0 radical (unpaired) electrons. The SMILES string of the molecule is CCCCOc1nc(CNCCCCCN2CCCC2)c(NC(=O)OC(C)(C)C)c(N(Cc2ccc(OC)cc2)Cc2ccc(OC)cc2)n1. The van der Waals surface area contributed by atoms with E-state index in [0.29, 0.717) is 43.4 Å². The van der Waals surface area contributed by atoms with Crippen LogP contribution in [0.5, 0.6) is 17.5 Å². The number of aromatic nitrogens is 2. The van der Waals surface area contributed by atoms with Crippen LogP contribution in [-0.2, 0) is 24.4 Å². The maximum absolute atomic E-state index is 13.4. The molecule has 11 heteroatoms. The Morgan fingerprint density at radius 3 is 2.04 bits per heavy atom. The van der Waals surface area contributed by atoms with Crippen LogP contribution in [0.4, 0.5) is 16.3 Å². The second kappa shape index (κ2) is 19.9. The molecule has 0 atom stereocenters. The fraction of sp³-hybridized carbons (Fsp3) is 0.564. The zero-order chi connectivity index (χ0) is 35.8. The summed E-state index contributed by atoms with van der Waals surface area (Å²) in [4.78, 5) is 27.9. The van der Waals surface area contributed by atoms with Gasteiger partial charge in [-0.1, -0.05) is 44.0 Å². The molecule has 1 fully saturated rings. The van der Waals surface area contributed by atoms with Crippen LogP contribution in [0.1, 0.15) is 89.5 Å². The molecule has 1 aliphatic heterocycles. The second-order valence-corrected chi connectivity index (χ2v) is 13.8. The lowest BCUT2D eigenvalue weighted by atomic mass is 10.1. The lowest BCUT2D eigenvalue weighted by Crippen LogP contribution is -2.31. The minimum Gasteiger partial charge on any atom is -0.497 e. The third-order valence-electron chi connectivity index (χ3n) is 8.48. The highest BCUT2D eigenvalue weighted by atomic mass is 16.6. The molecule has 0 saturated carbocycles. The van der Waals surface area contributed by atoms with E-state index in [0.717, 1.165) is 54.9 Å². The van der Waals surface area contributed by atoms with Crippen molar-refractivity contribution in [1.29, 1.82) is 0 Å². The van der Waals surface area contributed by atoms with Crippen LogP contribution >= 0.6 is 0 Å². The van der Waals surface area contributed by atoms with Gasteiger partial charge in [-0.15, -0.1) is 0 Å². The number of likely N-dealkylation sites (tertiary alicyclic amines) is 1. The van der Waals surface area contributed by atoms with E-state index in [4.69, 9.17) is 28.9 Å². The number of rotatable bonds is 20. The van der Waals surface area contributed by atoms with Crippen molar-refractivity contribution in [3.63, 3.8) is 0 Å². The Morgan fingerprint density at radius 2 is 1.48 bits per heavy atom. The van der Waals surface area contributed by atoms with Crippen molar-refractivity contribution in [2.75, 3.05) is 57.2 Å².